The lowest BCUT2D eigenvalue weighted by molar-refractivity contribution is -0.137. The maximum absolute atomic E-state index is 10.9. The van der Waals surface area contributed by atoms with E-state index < -0.39 is 12.0 Å². The molecular weight excluding hydrogens is 332 g/mol. The van der Waals surface area contributed by atoms with Crippen LogP contribution in [-0.2, 0) is 4.79 Å². The molecule has 0 fully saturated rings. The Hall–Kier alpha value is -1.31. The van der Waals surface area contributed by atoms with Gasteiger partial charge in [-0.3, -0.25) is 4.99 Å². The second-order valence-corrected chi connectivity index (χ2v) is 6.70. The number of thioether (sulfide) groups is 1. The summed E-state index contributed by atoms with van der Waals surface area (Å²) in [6, 6.07) is 4.98. The van der Waals surface area contributed by atoms with Crippen molar-refractivity contribution in [3.05, 3.63) is 23.2 Å². The van der Waals surface area contributed by atoms with E-state index in [4.69, 9.17) is 21.4 Å². The minimum Gasteiger partial charge on any atom is -0.492 e. The molecule has 1 unspecified atom stereocenters. The number of hydrogen-bond acceptors (Lipinski definition) is 6. The van der Waals surface area contributed by atoms with Gasteiger partial charge in [0.05, 0.1) is 16.1 Å². The van der Waals surface area contributed by atoms with E-state index in [-0.39, 0.29) is 0 Å². The van der Waals surface area contributed by atoms with E-state index in [1.807, 2.05) is 18.2 Å². The lowest BCUT2D eigenvalue weighted by Gasteiger charge is -2.02. The smallest absolute Gasteiger partial charge is 0.329 e. The van der Waals surface area contributed by atoms with Crippen LogP contribution in [0.1, 0.15) is 5.01 Å². The SMILES string of the molecule is O=C(O)C1CSC(c2nc3ccc(OCCCl)cc3s2)=N1. The van der Waals surface area contributed by atoms with Crippen LogP contribution in [0.15, 0.2) is 23.2 Å². The molecule has 1 aromatic heterocycles. The molecule has 2 aromatic rings. The van der Waals surface area contributed by atoms with E-state index in [1.165, 1.54) is 23.1 Å². The monoisotopic (exact) mass is 342 g/mol. The summed E-state index contributed by atoms with van der Waals surface area (Å²) >= 11 is 8.52. The van der Waals surface area contributed by atoms with Gasteiger partial charge in [0.15, 0.2) is 6.04 Å². The zero-order valence-electron chi connectivity index (χ0n) is 10.8. The summed E-state index contributed by atoms with van der Waals surface area (Å²) in [6.45, 7) is 0.460. The summed E-state index contributed by atoms with van der Waals surface area (Å²) < 4.78 is 6.47. The van der Waals surface area contributed by atoms with Crippen molar-refractivity contribution in [2.24, 2.45) is 4.99 Å². The molecular formula is C13H11ClN2O3S2. The maximum atomic E-state index is 10.9. The highest BCUT2D eigenvalue weighted by molar-refractivity contribution is 8.15. The first-order valence-corrected chi connectivity index (χ1v) is 8.54. The van der Waals surface area contributed by atoms with Crippen LogP contribution in [0.3, 0.4) is 0 Å². The molecule has 1 aliphatic rings. The highest BCUT2D eigenvalue weighted by Crippen LogP contribution is 2.31. The van der Waals surface area contributed by atoms with Crippen molar-refractivity contribution in [1.29, 1.82) is 0 Å². The van der Waals surface area contributed by atoms with Gasteiger partial charge >= 0.3 is 5.97 Å². The van der Waals surface area contributed by atoms with Gasteiger partial charge in [-0.2, -0.15) is 0 Å². The van der Waals surface area contributed by atoms with Gasteiger partial charge in [0, 0.05) is 5.75 Å². The van der Waals surface area contributed by atoms with Crippen LogP contribution in [0.25, 0.3) is 10.2 Å². The topological polar surface area (TPSA) is 71.8 Å². The Kier molecular flexibility index (Phi) is 4.32. The van der Waals surface area contributed by atoms with E-state index in [0.29, 0.717) is 23.3 Å². The molecule has 0 radical (unpaired) electrons. The van der Waals surface area contributed by atoms with Gasteiger partial charge in [-0.25, -0.2) is 9.78 Å². The molecule has 0 spiro atoms. The molecule has 1 N–H and O–H groups in total. The van der Waals surface area contributed by atoms with Gasteiger partial charge in [0.1, 0.15) is 22.4 Å². The van der Waals surface area contributed by atoms with Crippen LogP contribution in [0.4, 0.5) is 0 Å². The van der Waals surface area contributed by atoms with E-state index in [0.717, 1.165) is 21.0 Å². The zero-order chi connectivity index (χ0) is 14.8. The van der Waals surface area contributed by atoms with Crippen LogP contribution in [0.2, 0.25) is 0 Å². The minimum absolute atomic E-state index is 0.440. The van der Waals surface area contributed by atoms with Gasteiger partial charge in [0.25, 0.3) is 0 Å². The maximum Gasteiger partial charge on any atom is 0.329 e. The van der Waals surface area contributed by atoms with E-state index in [1.54, 1.807) is 0 Å². The van der Waals surface area contributed by atoms with Crippen molar-refractivity contribution in [2.75, 3.05) is 18.2 Å². The molecule has 8 heteroatoms. The zero-order valence-corrected chi connectivity index (χ0v) is 13.2. The average Bonchev–Trinajstić information content (AvgIpc) is 3.10. The molecule has 21 heavy (non-hydrogen) atoms. The molecule has 1 aliphatic heterocycles. The minimum atomic E-state index is -0.893. The van der Waals surface area contributed by atoms with Crippen molar-refractivity contribution >= 4 is 55.9 Å². The number of thiazole rings is 1. The Morgan fingerprint density at radius 1 is 1.52 bits per heavy atom. The Morgan fingerprint density at radius 2 is 2.38 bits per heavy atom. The summed E-state index contributed by atoms with van der Waals surface area (Å²) in [7, 11) is 0. The first-order chi connectivity index (χ1) is 10.2. The molecule has 5 nitrogen and oxygen atoms in total. The molecule has 3 rings (SSSR count). The predicted octanol–water partition coefficient (Wildman–Crippen LogP) is 2.86. The molecule has 0 aliphatic carbocycles. The number of carboxylic acids is 1. The number of alkyl halides is 1. The molecule has 0 amide bonds. The number of halogens is 1. The molecule has 0 bridgehead atoms. The number of ether oxygens (including phenoxy) is 1. The van der Waals surface area contributed by atoms with Gasteiger partial charge < -0.3 is 9.84 Å². The number of carbonyl (C=O) groups is 1. The van der Waals surface area contributed by atoms with Gasteiger partial charge in [-0.05, 0) is 18.2 Å². The van der Waals surface area contributed by atoms with E-state index in [9.17, 15) is 4.79 Å². The Morgan fingerprint density at radius 3 is 3.10 bits per heavy atom. The van der Waals surface area contributed by atoms with Gasteiger partial charge in [0.2, 0.25) is 0 Å². The van der Waals surface area contributed by atoms with E-state index in [2.05, 4.69) is 9.98 Å². The Balaban J connectivity index is 1.87. The first-order valence-electron chi connectivity index (χ1n) is 6.20. The highest BCUT2D eigenvalue weighted by Gasteiger charge is 2.26. The van der Waals surface area contributed by atoms with Crippen molar-refractivity contribution in [3.63, 3.8) is 0 Å². The number of fused-ring (bicyclic) bond motifs is 1. The number of aromatic nitrogens is 1. The summed E-state index contributed by atoms with van der Waals surface area (Å²) in [5.41, 5.74) is 0.857. The van der Waals surface area contributed by atoms with Gasteiger partial charge in [-0.1, -0.05) is 0 Å². The fourth-order valence-corrected chi connectivity index (χ4v) is 4.03. The van der Waals surface area contributed by atoms with Crippen LogP contribution >= 0.6 is 34.7 Å². The van der Waals surface area contributed by atoms with Crippen molar-refractivity contribution < 1.29 is 14.6 Å². The third kappa shape index (κ3) is 3.14. The molecule has 2 heterocycles. The fraction of sp³-hybridized carbons (Fsp3) is 0.308. The summed E-state index contributed by atoms with van der Waals surface area (Å²) in [4.78, 5) is 19.6. The highest BCUT2D eigenvalue weighted by atomic mass is 35.5. The number of rotatable bonds is 5. The first kappa shape index (κ1) is 14.6. The number of benzene rings is 1. The third-order valence-corrected chi connectivity index (χ3v) is 5.19. The molecule has 110 valence electrons. The Bertz CT molecular complexity index is 717. The second kappa shape index (κ2) is 6.21. The predicted molar refractivity (Wildman–Crippen MR) is 86.3 cm³/mol. The number of aliphatic carboxylic acids is 1. The molecule has 1 aromatic carbocycles. The van der Waals surface area contributed by atoms with Crippen LogP contribution in [0.5, 0.6) is 5.75 Å². The number of nitrogens with zero attached hydrogens (tertiary/aromatic N) is 2. The van der Waals surface area contributed by atoms with Crippen molar-refractivity contribution in [2.45, 2.75) is 6.04 Å². The molecule has 1 atom stereocenters. The lowest BCUT2D eigenvalue weighted by Crippen LogP contribution is -2.17. The molecule has 0 saturated heterocycles. The fourth-order valence-electron chi connectivity index (χ4n) is 1.86. The van der Waals surface area contributed by atoms with Crippen LogP contribution in [0, 0.1) is 0 Å². The van der Waals surface area contributed by atoms with Gasteiger partial charge in [-0.15, -0.1) is 34.7 Å². The summed E-state index contributed by atoms with van der Waals surface area (Å²) in [6.07, 6.45) is 0. The second-order valence-electron chi connectivity index (χ2n) is 4.29. The van der Waals surface area contributed by atoms with Crippen molar-refractivity contribution in [3.8, 4) is 5.75 Å². The number of hydrogen-bond donors (Lipinski definition) is 1. The normalized spacial score (nSPS) is 18.0. The summed E-state index contributed by atoms with van der Waals surface area (Å²) in [5.74, 6) is 0.763. The van der Waals surface area contributed by atoms with Crippen LogP contribution < -0.4 is 4.74 Å². The van der Waals surface area contributed by atoms with Crippen molar-refractivity contribution in [1.82, 2.24) is 4.98 Å². The average molecular weight is 343 g/mol. The largest absolute Gasteiger partial charge is 0.492 e. The molecule has 0 saturated carbocycles. The number of aliphatic imine (C=N–C) groups is 1. The van der Waals surface area contributed by atoms with E-state index >= 15 is 0 Å². The van der Waals surface area contributed by atoms with Crippen LogP contribution in [-0.4, -0.2) is 45.4 Å². The summed E-state index contributed by atoms with van der Waals surface area (Å²) in [5, 5.41) is 10.4. The standard InChI is InChI=1S/C13H11ClN2O3S2/c14-3-4-19-7-1-2-8-10(5-7)21-12(15-8)11-16-9(6-20-11)13(17)18/h1-2,5,9H,3-4,6H2,(H,17,18). The Labute approximate surface area is 134 Å². The number of carboxylic acid groups (broad SMARTS) is 1. The lowest BCUT2D eigenvalue weighted by atomic mass is 10.3. The quantitative estimate of drug-likeness (QED) is 0.846. The third-order valence-electron chi connectivity index (χ3n) is 2.82.